The highest BCUT2D eigenvalue weighted by atomic mass is 79.9. The maximum atomic E-state index is 12.5. The fourth-order valence-electron chi connectivity index (χ4n) is 1.85. The summed E-state index contributed by atoms with van der Waals surface area (Å²) in [4.78, 5) is 5.89. The van der Waals surface area contributed by atoms with Gasteiger partial charge in [0.25, 0.3) is 0 Å². The quantitative estimate of drug-likeness (QED) is 0.726. The van der Waals surface area contributed by atoms with Crippen molar-refractivity contribution < 1.29 is 13.2 Å². The normalized spacial score (nSPS) is 17.1. The Hall–Kier alpha value is -1.04. The number of hydrogen-bond acceptors (Lipinski definition) is 2. The minimum Gasteiger partial charge on any atom is -0.355 e. The second kappa shape index (κ2) is 4.91. The number of alkyl halides is 3. The van der Waals surface area contributed by atoms with Crippen LogP contribution >= 0.6 is 15.9 Å². The summed E-state index contributed by atoms with van der Waals surface area (Å²) in [6, 6.07) is 1.08. The van der Waals surface area contributed by atoms with Gasteiger partial charge in [-0.15, -0.1) is 0 Å². The molecule has 1 aromatic rings. The van der Waals surface area contributed by atoms with Crippen LogP contribution in [0, 0.1) is 0 Å². The van der Waals surface area contributed by atoms with E-state index in [0.29, 0.717) is 10.3 Å². The smallest absolute Gasteiger partial charge is 0.355 e. The zero-order chi connectivity index (χ0) is 13.3. The Morgan fingerprint density at radius 3 is 2.39 bits per heavy atom. The summed E-state index contributed by atoms with van der Waals surface area (Å²) in [5.74, 6) is 0.565. The first-order chi connectivity index (χ1) is 8.38. The van der Waals surface area contributed by atoms with Crippen LogP contribution in [0.1, 0.15) is 18.4 Å². The Morgan fingerprint density at radius 1 is 1.28 bits per heavy atom. The number of anilines is 1. The van der Waals surface area contributed by atoms with Gasteiger partial charge in [0.05, 0.1) is 10.0 Å². The number of piperidine rings is 1. The summed E-state index contributed by atoms with van der Waals surface area (Å²) in [6.45, 7) is 5.40. The van der Waals surface area contributed by atoms with Crippen LogP contribution in [0.2, 0.25) is 0 Å². The van der Waals surface area contributed by atoms with Crippen LogP contribution in [0.5, 0.6) is 0 Å². The van der Waals surface area contributed by atoms with E-state index in [1.165, 1.54) is 5.57 Å². The second-order valence-electron chi connectivity index (χ2n) is 4.26. The molecule has 18 heavy (non-hydrogen) atoms. The first kappa shape index (κ1) is 13.4. The second-order valence-corrected chi connectivity index (χ2v) is 5.12. The lowest BCUT2D eigenvalue weighted by Crippen LogP contribution is -2.31. The molecule has 0 amide bonds. The van der Waals surface area contributed by atoms with Gasteiger partial charge in [0.15, 0.2) is 0 Å². The predicted molar refractivity (Wildman–Crippen MR) is 67.5 cm³/mol. The summed E-state index contributed by atoms with van der Waals surface area (Å²) in [6.07, 6.45) is -1.77. The molecule has 1 saturated heterocycles. The van der Waals surface area contributed by atoms with Gasteiger partial charge in [-0.1, -0.05) is 12.2 Å². The zero-order valence-electron chi connectivity index (χ0n) is 9.60. The molecule has 0 N–H and O–H groups in total. The highest BCUT2D eigenvalue weighted by molar-refractivity contribution is 9.10. The van der Waals surface area contributed by atoms with Gasteiger partial charge in [-0.2, -0.15) is 13.2 Å². The molecular formula is C12H12BrF3N2. The maximum absolute atomic E-state index is 12.5. The van der Waals surface area contributed by atoms with Crippen LogP contribution in [0.3, 0.4) is 0 Å². The summed E-state index contributed by atoms with van der Waals surface area (Å²) in [7, 11) is 0. The fourth-order valence-corrected chi connectivity index (χ4v) is 2.45. The van der Waals surface area contributed by atoms with E-state index < -0.39 is 11.7 Å². The number of rotatable bonds is 1. The van der Waals surface area contributed by atoms with Crippen molar-refractivity contribution in [3.63, 3.8) is 0 Å². The fraction of sp³-hybridized carbons (Fsp3) is 0.417. The molecule has 1 aliphatic heterocycles. The Balaban J connectivity index is 2.22. The van der Waals surface area contributed by atoms with E-state index in [1.807, 2.05) is 4.90 Å². The lowest BCUT2D eigenvalue weighted by Gasteiger charge is -2.29. The van der Waals surface area contributed by atoms with E-state index >= 15 is 0 Å². The van der Waals surface area contributed by atoms with Crippen LogP contribution in [0.25, 0.3) is 0 Å². The number of halogens is 4. The summed E-state index contributed by atoms with van der Waals surface area (Å²) < 4.78 is 37.9. The monoisotopic (exact) mass is 320 g/mol. The average molecular weight is 321 g/mol. The SMILES string of the molecule is C=C1CCN(c2ncc(C(F)(F)F)cc2Br)CC1. The zero-order valence-corrected chi connectivity index (χ0v) is 11.2. The first-order valence-corrected chi connectivity index (χ1v) is 6.31. The molecule has 0 bridgehead atoms. The first-order valence-electron chi connectivity index (χ1n) is 5.52. The molecule has 0 saturated carbocycles. The van der Waals surface area contributed by atoms with Gasteiger partial charge in [0.1, 0.15) is 5.82 Å². The van der Waals surface area contributed by atoms with Crippen molar-refractivity contribution in [3.8, 4) is 0 Å². The van der Waals surface area contributed by atoms with Crippen molar-refractivity contribution in [2.24, 2.45) is 0 Å². The Labute approximate surface area is 112 Å². The third kappa shape index (κ3) is 2.85. The van der Waals surface area contributed by atoms with Crippen LogP contribution in [0.4, 0.5) is 19.0 Å². The maximum Gasteiger partial charge on any atom is 0.417 e. The van der Waals surface area contributed by atoms with E-state index in [1.54, 1.807) is 0 Å². The number of nitrogens with zero attached hydrogens (tertiary/aromatic N) is 2. The molecule has 1 aromatic heterocycles. The Morgan fingerprint density at radius 2 is 1.89 bits per heavy atom. The largest absolute Gasteiger partial charge is 0.417 e. The Bertz CT molecular complexity index is 461. The molecule has 0 radical (unpaired) electrons. The van der Waals surface area contributed by atoms with E-state index in [0.717, 1.165) is 38.2 Å². The topological polar surface area (TPSA) is 16.1 Å². The van der Waals surface area contributed by atoms with Crippen molar-refractivity contribution in [3.05, 3.63) is 34.5 Å². The number of pyridine rings is 1. The summed E-state index contributed by atoms with van der Waals surface area (Å²) in [5, 5.41) is 0. The van der Waals surface area contributed by atoms with Crippen LogP contribution in [0.15, 0.2) is 28.9 Å². The molecule has 6 heteroatoms. The molecule has 2 nitrogen and oxygen atoms in total. The minimum atomic E-state index is -4.36. The standard InChI is InChI=1S/C12H12BrF3N2/c1-8-2-4-18(5-3-8)11-10(13)6-9(7-17-11)12(14,15)16/h6-7H,1-5H2. The molecule has 0 aromatic carbocycles. The molecule has 1 fully saturated rings. The molecule has 0 spiro atoms. The van der Waals surface area contributed by atoms with Gasteiger partial charge in [-0.3, -0.25) is 0 Å². The van der Waals surface area contributed by atoms with Gasteiger partial charge in [-0.05, 0) is 34.8 Å². The average Bonchev–Trinajstić information content (AvgIpc) is 2.29. The van der Waals surface area contributed by atoms with Crippen molar-refractivity contribution in [2.45, 2.75) is 19.0 Å². The number of aromatic nitrogens is 1. The molecule has 0 atom stereocenters. The third-order valence-electron chi connectivity index (χ3n) is 2.92. The van der Waals surface area contributed by atoms with Gasteiger partial charge < -0.3 is 4.90 Å². The molecule has 98 valence electrons. The molecule has 0 aliphatic carbocycles. The molecule has 2 rings (SSSR count). The van der Waals surface area contributed by atoms with Crippen molar-refractivity contribution in [1.29, 1.82) is 0 Å². The minimum absolute atomic E-state index is 0.379. The van der Waals surface area contributed by atoms with Crippen molar-refractivity contribution in [1.82, 2.24) is 4.98 Å². The van der Waals surface area contributed by atoms with Gasteiger partial charge in [0, 0.05) is 19.3 Å². The molecular weight excluding hydrogens is 309 g/mol. The van der Waals surface area contributed by atoms with Gasteiger partial charge in [0.2, 0.25) is 0 Å². The van der Waals surface area contributed by atoms with Crippen LogP contribution in [-0.2, 0) is 6.18 Å². The molecule has 2 heterocycles. The number of hydrogen-bond donors (Lipinski definition) is 0. The molecule has 0 unspecified atom stereocenters. The van der Waals surface area contributed by atoms with Gasteiger partial charge >= 0.3 is 6.18 Å². The third-order valence-corrected chi connectivity index (χ3v) is 3.50. The van der Waals surface area contributed by atoms with Crippen molar-refractivity contribution >= 4 is 21.7 Å². The van der Waals surface area contributed by atoms with E-state index in [-0.39, 0.29) is 0 Å². The summed E-state index contributed by atoms with van der Waals surface area (Å²) in [5.41, 5.74) is 0.439. The predicted octanol–water partition coefficient (Wildman–Crippen LogP) is 4.02. The van der Waals surface area contributed by atoms with Crippen LogP contribution in [-0.4, -0.2) is 18.1 Å². The highest BCUT2D eigenvalue weighted by Gasteiger charge is 2.32. The van der Waals surface area contributed by atoms with Gasteiger partial charge in [-0.25, -0.2) is 4.98 Å². The lowest BCUT2D eigenvalue weighted by atomic mass is 10.1. The Kier molecular flexibility index (Phi) is 3.66. The van der Waals surface area contributed by atoms with E-state index in [9.17, 15) is 13.2 Å². The highest BCUT2D eigenvalue weighted by Crippen LogP contribution is 2.34. The van der Waals surface area contributed by atoms with Crippen LogP contribution < -0.4 is 4.90 Å². The van der Waals surface area contributed by atoms with Crippen molar-refractivity contribution in [2.75, 3.05) is 18.0 Å². The summed E-state index contributed by atoms with van der Waals surface area (Å²) >= 11 is 3.16. The lowest BCUT2D eigenvalue weighted by molar-refractivity contribution is -0.137. The molecule has 1 aliphatic rings. The van der Waals surface area contributed by atoms with E-state index in [4.69, 9.17) is 0 Å². The van der Waals surface area contributed by atoms with E-state index in [2.05, 4.69) is 27.5 Å².